The highest BCUT2D eigenvalue weighted by Crippen LogP contribution is 2.14. The van der Waals surface area contributed by atoms with Crippen LogP contribution in [0.4, 0.5) is 18.0 Å². The van der Waals surface area contributed by atoms with Gasteiger partial charge in [0.2, 0.25) is 0 Å². The van der Waals surface area contributed by atoms with Crippen LogP contribution >= 0.6 is 0 Å². The van der Waals surface area contributed by atoms with Crippen molar-refractivity contribution in [2.45, 2.75) is 19.5 Å². The Labute approximate surface area is 86.2 Å². The molecule has 0 aromatic rings. The molecule has 0 fully saturated rings. The molecular formula is C8H15F3N2O2. The van der Waals surface area contributed by atoms with Crippen LogP contribution in [-0.4, -0.2) is 38.5 Å². The maximum absolute atomic E-state index is 11.6. The molecule has 4 nitrogen and oxygen atoms in total. The van der Waals surface area contributed by atoms with Crippen LogP contribution in [0, 0.1) is 0 Å². The summed E-state index contributed by atoms with van der Waals surface area (Å²) >= 11 is 0. The third-order valence-corrected chi connectivity index (χ3v) is 1.42. The van der Waals surface area contributed by atoms with Gasteiger partial charge >= 0.3 is 12.3 Å². The lowest BCUT2D eigenvalue weighted by Crippen LogP contribution is -2.31. The SMILES string of the molecule is CCNCCCNC(=O)OCC(F)(F)F. The third kappa shape index (κ3) is 10.9. The van der Waals surface area contributed by atoms with Gasteiger partial charge < -0.3 is 15.4 Å². The number of ether oxygens (including phenoxy) is 1. The van der Waals surface area contributed by atoms with E-state index < -0.39 is 18.9 Å². The van der Waals surface area contributed by atoms with E-state index in [1.807, 2.05) is 6.92 Å². The second-order valence-corrected chi connectivity index (χ2v) is 2.83. The van der Waals surface area contributed by atoms with E-state index in [1.54, 1.807) is 0 Å². The summed E-state index contributed by atoms with van der Waals surface area (Å²) < 4.78 is 38.7. The Bertz CT molecular complexity index is 185. The fourth-order valence-corrected chi connectivity index (χ4v) is 0.779. The smallest absolute Gasteiger partial charge is 0.422 e. The molecule has 0 radical (unpaired) electrons. The fourth-order valence-electron chi connectivity index (χ4n) is 0.779. The van der Waals surface area contributed by atoms with Crippen molar-refractivity contribution in [2.75, 3.05) is 26.2 Å². The number of hydrogen-bond donors (Lipinski definition) is 2. The molecule has 0 bridgehead atoms. The molecule has 0 aliphatic rings. The van der Waals surface area contributed by atoms with Crippen molar-refractivity contribution in [1.82, 2.24) is 10.6 Å². The normalized spacial score (nSPS) is 11.2. The van der Waals surface area contributed by atoms with Crippen LogP contribution in [0.1, 0.15) is 13.3 Å². The number of hydrogen-bond acceptors (Lipinski definition) is 3. The highest BCUT2D eigenvalue weighted by Gasteiger charge is 2.29. The lowest BCUT2D eigenvalue weighted by Gasteiger charge is -2.08. The van der Waals surface area contributed by atoms with Crippen LogP contribution in [0.15, 0.2) is 0 Å². The topological polar surface area (TPSA) is 50.4 Å². The van der Waals surface area contributed by atoms with Gasteiger partial charge in [-0.1, -0.05) is 6.92 Å². The molecule has 1 amide bonds. The molecule has 0 unspecified atom stereocenters. The number of carbonyl (C=O) groups excluding carboxylic acids is 1. The van der Waals surface area contributed by atoms with Crippen LogP contribution in [0.25, 0.3) is 0 Å². The van der Waals surface area contributed by atoms with Crippen molar-refractivity contribution >= 4 is 6.09 Å². The van der Waals surface area contributed by atoms with Crippen molar-refractivity contribution in [3.63, 3.8) is 0 Å². The minimum absolute atomic E-state index is 0.295. The molecule has 0 saturated heterocycles. The third-order valence-electron chi connectivity index (χ3n) is 1.42. The van der Waals surface area contributed by atoms with Crippen LogP contribution in [0.5, 0.6) is 0 Å². The summed E-state index contributed by atoms with van der Waals surface area (Å²) in [5.74, 6) is 0. The van der Waals surface area contributed by atoms with Crippen molar-refractivity contribution in [2.24, 2.45) is 0 Å². The lowest BCUT2D eigenvalue weighted by atomic mass is 10.4. The van der Waals surface area contributed by atoms with Gasteiger partial charge in [-0.3, -0.25) is 0 Å². The maximum atomic E-state index is 11.6. The first-order valence-electron chi connectivity index (χ1n) is 4.64. The Morgan fingerprint density at radius 1 is 1.33 bits per heavy atom. The molecule has 0 spiro atoms. The average Bonchev–Trinajstić information content (AvgIpc) is 2.13. The van der Waals surface area contributed by atoms with E-state index in [4.69, 9.17) is 0 Å². The predicted octanol–water partition coefficient (Wildman–Crippen LogP) is 1.27. The number of alkyl halides is 3. The Kier molecular flexibility index (Phi) is 6.85. The van der Waals surface area contributed by atoms with Gasteiger partial charge in [0, 0.05) is 6.54 Å². The fraction of sp³-hybridized carbons (Fsp3) is 0.875. The summed E-state index contributed by atoms with van der Waals surface area (Å²) in [6.45, 7) is 2.20. The van der Waals surface area contributed by atoms with E-state index in [0.29, 0.717) is 19.5 Å². The van der Waals surface area contributed by atoms with Crippen LogP contribution < -0.4 is 10.6 Å². The first-order chi connectivity index (χ1) is 6.95. The Balaban J connectivity index is 3.34. The quantitative estimate of drug-likeness (QED) is 0.673. The molecule has 15 heavy (non-hydrogen) atoms. The second-order valence-electron chi connectivity index (χ2n) is 2.83. The molecule has 0 aliphatic carbocycles. The number of alkyl carbamates (subject to hydrolysis) is 1. The summed E-state index contributed by atoms with van der Waals surface area (Å²) in [6, 6.07) is 0. The first kappa shape index (κ1) is 14.0. The first-order valence-corrected chi connectivity index (χ1v) is 4.64. The minimum atomic E-state index is -4.47. The molecule has 0 aromatic carbocycles. The standard InChI is InChI=1S/C8H15F3N2O2/c1-2-12-4-3-5-13-7(14)15-6-8(9,10)11/h12H,2-6H2,1H3,(H,13,14). The van der Waals surface area contributed by atoms with Crippen molar-refractivity contribution in [3.8, 4) is 0 Å². The Morgan fingerprint density at radius 3 is 2.53 bits per heavy atom. The number of amides is 1. The molecule has 0 rings (SSSR count). The summed E-state index contributed by atoms with van der Waals surface area (Å²) in [5.41, 5.74) is 0. The van der Waals surface area contributed by atoms with E-state index in [-0.39, 0.29) is 0 Å². The maximum Gasteiger partial charge on any atom is 0.422 e. The van der Waals surface area contributed by atoms with E-state index >= 15 is 0 Å². The molecule has 90 valence electrons. The van der Waals surface area contributed by atoms with Gasteiger partial charge in [-0.05, 0) is 19.5 Å². The predicted molar refractivity (Wildman–Crippen MR) is 48.6 cm³/mol. The molecular weight excluding hydrogens is 213 g/mol. The van der Waals surface area contributed by atoms with E-state index in [1.165, 1.54) is 0 Å². The van der Waals surface area contributed by atoms with E-state index in [2.05, 4.69) is 15.4 Å². The van der Waals surface area contributed by atoms with Crippen molar-refractivity contribution in [1.29, 1.82) is 0 Å². The summed E-state index contributed by atoms with van der Waals surface area (Å²) in [6.07, 6.45) is -4.86. The molecule has 7 heteroatoms. The summed E-state index contributed by atoms with van der Waals surface area (Å²) in [7, 11) is 0. The monoisotopic (exact) mass is 228 g/mol. The van der Waals surface area contributed by atoms with Gasteiger partial charge in [0.05, 0.1) is 0 Å². The molecule has 0 saturated carbocycles. The molecule has 0 heterocycles. The summed E-state index contributed by atoms with van der Waals surface area (Å²) in [4.78, 5) is 10.7. The Hall–Kier alpha value is -0.980. The second kappa shape index (κ2) is 7.33. The lowest BCUT2D eigenvalue weighted by molar-refractivity contribution is -0.160. The van der Waals surface area contributed by atoms with Gasteiger partial charge in [0.1, 0.15) is 0 Å². The summed E-state index contributed by atoms with van der Waals surface area (Å²) in [5, 5.41) is 5.22. The van der Waals surface area contributed by atoms with Gasteiger partial charge in [0.15, 0.2) is 6.61 Å². The zero-order valence-electron chi connectivity index (χ0n) is 8.49. The number of carbonyl (C=O) groups is 1. The van der Waals surface area contributed by atoms with Crippen LogP contribution in [0.2, 0.25) is 0 Å². The number of nitrogens with one attached hydrogen (secondary N) is 2. The zero-order chi connectivity index (χ0) is 11.7. The van der Waals surface area contributed by atoms with Gasteiger partial charge in [-0.2, -0.15) is 13.2 Å². The largest absolute Gasteiger partial charge is 0.440 e. The molecule has 0 atom stereocenters. The highest BCUT2D eigenvalue weighted by atomic mass is 19.4. The van der Waals surface area contributed by atoms with Crippen molar-refractivity contribution < 1.29 is 22.7 Å². The number of halogens is 3. The van der Waals surface area contributed by atoms with Gasteiger partial charge in [0.25, 0.3) is 0 Å². The van der Waals surface area contributed by atoms with E-state index in [9.17, 15) is 18.0 Å². The van der Waals surface area contributed by atoms with E-state index in [0.717, 1.165) is 6.54 Å². The van der Waals surface area contributed by atoms with Gasteiger partial charge in [-0.25, -0.2) is 4.79 Å². The average molecular weight is 228 g/mol. The zero-order valence-corrected chi connectivity index (χ0v) is 8.49. The van der Waals surface area contributed by atoms with Gasteiger partial charge in [-0.15, -0.1) is 0 Å². The van der Waals surface area contributed by atoms with Crippen molar-refractivity contribution in [3.05, 3.63) is 0 Å². The highest BCUT2D eigenvalue weighted by molar-refractivity contribution is 5.67. The minimum Gasteiger partial charge on any atom is -0.440 e. The molecule has 2 N–H and O–H groups in total. The molecule has 0 aromatic heterocycles. The number of rotatable bonds is 6. The van der Waals surface area contributed by atoms with Crippen LogP contribution in [-0.2, 0) is 4.74 Å². The Morgan fingerprint density at radius 2 is 2.00 bits per heavy atom. The molecule has 0 aliphatic heterocycles. The van der Waals surface area contributed by atoms with Crippen LogP contribution in [0.3, 0.4) is 0 Å².